The molecule has 2 rings (SSSR count). The van der Waals surface area contributed by atoms with Crippen LogP contribution in [0.3, 0.4) is 0 Å². The fourth-order valence-electron chi connectivity index (χ4n) is 2.08. The highest BCUT2D eigenvalue weighted by Crippen LogP contribution is 2.18. The Bertz CT molecular complexity index is 589. The van der Waals surface area contributed by atoms with Crippen LogP contribution in [0, 0.1) is 5.82 Å². The van der Waals surface area contributed by atoms with Crippen LogP contribution in [0.1, 0.15) is 23.6 Å². The minimum absolute atomic E-state index is 0.229. The summed E-state index contributed by atoms with van der Waals surface area (Å²) in [6.45, 7) is 4.78. The normalized spacial score (nSPS) is 10.8. The molecule has 4 heteroatoms. The molecule has 112 valence electrons. The molecule has 2 aromatic carbocycles. The second-order valence-electron chi connectivity index (χ2n) is 4.75. The van der Waals surface area contributed by atoms with Crippen molar-refractivity contribution in [3.63, 3.8) is 0 Å². The molecule has 0 aliphatic carbocycles. The molecule has 0 radical (unpaired) electrons. The number of hydrogen-bond acceptors (Lipinski definition) is 2. The van der Waals surface area contributed by atoms with Gasteiger partial charge in [-0.2, -0.15) is 0 Å². The highest BCUT2D eigenvalue weighted by Gasteiger charge is 2.04. The number of benzene rings is 2. The highest BCUT2D eigenvalue weighted by molar-refractivity contribution is 9.10. The van der Waals surface area contributed by atoms with Gasteiger partial charge in [0.2, 0.25) is 0 Å². The van der Waals surface area contributed by atoms with Gasteiger partial charge in [-0.25, -0.2) is 4.39 Å². The van der Waals surface area contributed by atoms with Crippen molar-refractivity contribution in [1.82, 2.24) is 5.32 Å². The van der Waals surface area contributed by atoms with Gasteiger partial charge < -0.3 is 10.1 Å². The van der Waals surface area contributed by atoms with Gasteiger partial charge in [0.25, 0.3) is 0 Å². The van der Waals surface area contributed by atoms with Gasteiger partial charge >= 0.3 is 0 Å². The van der Waals surface area contributed by atoms with Crippen LogP contribution in [0.2, 0.25) is 0 Å². The fourth-order valence-corrected chi connectivity index (χ4v) is 2.57. The molecular weight excluding hydrogens is 333 g/mol. The van der Waals surface area contributed by atoms with Crippen LogP contribution in [0.15, 0.2) is 46.9 Å². The second-order valence-corrected chi connectivity index (χ2v) is 5.60. The molecular formula is C17H19BrFNO. The van der Waals surface area contributed by atoms with E-state index in [4.69, 9.17) is 4.74 Å². The molecule has 0 fully saturated rings. The van der Waals surface area contributed by atoms with E-state index in [0.717, 1.165) is 16.6 Å². The molecule has 0 atom stereocenters. The zero-order valence-electron chi connectivity index (χ0n) is 12.0. The first-order valence-corrected chi connectivity index (χ1v) is 7.79. The molecule has 0 bridgehead atoms. The first kappa shape index (κ1) is 16.1. The lowest BCUT2D eigenvalue weighted by atomic mass is 10.1. The molecule has 2 nitrogen and oxygen atoms in total. The van der Waals surface area contributed by atoms with Crippen molar-refractivity contribution in [2.24, 2.45) is 0 Å². The molecule has 0 unspecified atom stereocenters. The summed E-state index contributed by atoms with van der Waals surface area (Å²) in [4.78, 5) is 0. The number of halogens is 2. The predicted molar refractivity (Wildman–Crippen MR) is 86.4 cm³/mol. The first-order valence-electron chi connectivity index (χ1n) is 7.00. The van der Waals surface area contributed by atoms with Gasteiger partial charge in [0.1, 0.15) is 5.82 Å². The Morgan fingerprint density at radius 1 is 1.05 bits per heavy atom. The summed E-state index contributed by atoms with van der Waals surface area (Å²) in [6.07, 6.45) is 0. The van der Waals surface area contributed by atoms with Crippen molar-refractivity contribution in [1.29, 1.82) is 0 Å². The van der Waals surface area contributed by atoms with Crippen LogP contribution in [-0.2, 0) is 24.4 Å². The molecule has 0 saturated heterocycles. The molecule has 0 spiro atoms. The van der Waals surface area contributed by atoms with Crippen LogP contribution in [0.4, 0.5) is 4.39 Å². The van der Waals surface area contributed by atoms with Crippen LogP contribution >= 0.6 is 15.9 Å². The van der Waals surface area contributed by atoms with Gasteiger partial charge in [-0.05, 0) is 35.7 Å². The van der Waals surface area contributed by atoms with E-state index in [1.807, 2.05) is 19.1 Å². The maximum atomic E-state index is 13.0. The first-order chi connectivity index (χ1) is 10.2. The van der Waals surface area contributed by atoms with E-state index in [0.29, 0.717) is 19.8 Å². The van der Waals surface area contributed by atoms with E-state index in [9.17, 15) is 4.39 Å². The monoisotopic (exact) mass is 351 g/mol. The maximum Gasteiger partial charge on any atom is 0.124 e. The SMILES string of the molecule is CCOCc1ccccc1CNCc1ccc(F)cc1Br. The Labute approximate surface area is 133 Å². The van der Waals surface area contributed by atoms with E-state index >= 15 is 0 Å². The quantitative estimate of drug-likeness (QED) is 0.797. The topological polar surface area (TPSA) is 21.3 Å². The predicted octanol–water partition coefficient (Wildman–Crippen LogP) is 4.41. The molecule has 0 aliphatic rings. The Morgan fingerprint density at radius 2 is 1.76 bits per heavy atom. The molecule has 21 heavy (non-hydrogen) atoms. The molecule has 0 aromatic heterocycles. The van der Waals surface area contributed by atoms with Crippen LogP contribution in [0.25, 0.3) is 0 Å². The zero-order chi connectivity index (χ0) is 15.1. The number of ether oxygens (including phenoxy) is 1. The Hall–Kier alpha value is -1.23. The summed E-state index contributed by atoms with van der Waals surface area (Å²) in [7, 11) is 0. The summed E-state index contributed by atoms with van der Waals surface area (Å²) in [6, 6.07) is 13.0. The van der Waals surface area contributed by atoms with Crippen molar-refractivity contribution in [2.75, 3.05) is 6.61 Å². The average Bonchev–Trinajstić information content (AvgIpc) is 2.48. The van der Waals surface area contributed by atoms with Crippen LogP contribution in [-0.4, -0.2) is 6.61 Å². The Kier molecular flexibility index (Phi) is 6.36. The van der Waals surface area contributed by atoms with Gasteiger partial charge in [-0.1, -0.05) is 46.3 Å². The second kappa shape index (κ2) is 8.27. The van der Waals surface area contributed by atoms with Crippen molar-refractivity contribution >= 4 is 15.9 Å². The molecule has 0 heterocycles. The highest BCUT2D eigenvalue weighted by atomic mass is 79.9. The number of hydrogen-bond donors (Lipinski definition) is 1. The summed E-state index contributed by atoms with van der Waals surface area (Å²) in [5, 5.41) is 3.39. The van der Waals surface area contributed by atoms with Gasteiger partial charge in [-0.15, -0.1) is 0 Å². The van der Waals surface area contributed by atoms with E-state index in [-0.39, 0.29) is 5.82 Å². The van der Waals surface area contributed by atoms with Gasteiger partial charge in [0, 0.05) is 24.2 Å². The lowest BCUT2D eigenvalue weighted by Crippen LogP contribution is -2.14. The minimum Gasteiger partial charge on any atom is -0.377 e. The Morgan fingerprint density at radius 3 is 2.48 bits per heavy atom. The lowest BCUT2D eigenvalue weighted by molar-refractivity contribution is 0.133. The van der Waals surface area contributed by atoms with E-state index in [2.05, 4.69) is 33.4 Å². The van der Waals surface area contributed by atoms with E-state index < -0.39 is 0 Å². The molecule has 1 N–H and O–H groups in total. The zero-order valence-corrected chi connectivity index (χ0v) is 13.6. The van der Waals surface area contributed by atoms with Gasteiger partial charge in [-0.3, -0.25) is 0 Å². The maximum absolute atomic E-state index is 13.0. The summed E-state index contributed by atoms with van der Waals surface area (Å²) in [5.41, 5.74) is 3.47. The van der Waals surface area contributed by atoms with Gasteiger partial charge in [0.05, 0.1) is 6.61 Å². The third kappa shape index (κ3) is 4.92. The van der Waals surface area contributed by atoms with Crippen molar-refractivity contribution in [2.45, 2.75) is 26.6 Å². The number of rotatable bonds is 7. The third-order valence-corrected chi connectivity index (χ3v) is 3.96. The average molecular weight is 352 g/mol. The largest absolute Gasteiger partial charge is 0.377 e. The van der Waals surface area contributed by atoms with Crippen molar-refractivity contribution in [3.05, 3.63) is 69.4 Å². The van der Waals surface area contributed by atoms with Gasteiger partial charge in [0.15, 0.2) is 0 Å². The molecule has 0 amide bonds. The minimum atomic E-state index is -0.229. The van der Waals surface area contributed by atoms with Crippen molar-refractivity contribution < 1.29 is 9.13 Å². The van der Waals surface area contributed by atoms with Crippen LogP contribution < -0.4 is 5.32 Å². The van der Waals surface area contributed by atoms with E-state index in [1.54, 1.807) is 6.07 Å². The molecule has 0 aliphatic heterocycles. The fraction of sp³-hybridized carbons (Fsp3) is 0.294. The molecule has 2 aromatic rings. The smallest absolute Gasteiger partial charge is 0.124 e. The summed E-state index contributed by atoms with van der Waals surface area (Å²) < 4.78 is 19.3. The Balaban J connectivity index is 1.94. The standard InChI is InChI=1S/C17H19BrFNO/c1-2-21-12-15-6-4-3-5-13(15)10-20-11-14-7-8-16(19)9-17(14)18/h3-9,20H,2,10-12H2,1H3. The van der Waals surface area contributed by atoms with E-state index in [1.165, 1.54) is 23.3 Å². The summed E-state index contributed by atoms with van der Waals surface area (Å²) >= 11 is 3.38. The lowest BCUT2D eigenvalue weighted by Gasteiger charge is -2.11. The molecule has 0 saturated carbocycles. The number of nitrogens with one attached hydrogen (secondary N) is 1. The van der Waals surface area contributed by atoms with Crippen LogP contribution in [0.5, 0.6) is 0 Å². The summed E-state index contributed by atoms with van der Waals surface area (Å²) in [5.74, 6) is -0.229. The third-order valence-electron chi connectivity index (χ3n) is 3.23. The van der Waals surface area contributed by atoms with Crippen molar-refractivity contribution in [3.8, 4) is 0 Å².